The number of hydrogen-bond acceptors (Lipinski definition) is 7. The van der Waals surface area contributed by atoms with Crippen LogP contribution in [0.2, 0.25) is 0 Å². The van der Waals surface area contributed by atoms with Crippen LogP contribution in [-0.4, -0.2) is 55.1 Å². The lowest BCUT2D eigenvalue weighted by atomic mass is 9.96. The minimum atomic E-state index is -5.88. The van der Waals surface area contributed by atoms with Gasteiger partial charge in [0.1, 0.15) is 28.7 Å². The number of anilines is 1. The summed E-state index contributed by atoms with van der Waals surface area (Å²) in [5, 5.41) is 17.0. The third-order valence-electron chi connectivity index (χ3n) is 7.89. The number of nitrogens with zero attached hydrogens (tertiary/aromatic N) is 2. The fraction of sp³-hybridized carbons (Fsp3) is 0.312. The zero-order valence-corrected chi connectivity index (χ0v) is 25.1. The van der Waals surface area contributed by atoms with Gasteiger partial charge in [0, 0.05) is 18.2 Å². The average Bonchev–Trinajstić information content (AvgIpc) is 3.84. The van der Waals surface area contributed by atoms with Crippen molar-refractivity contribution in [1.82, 2.24) is 15.6 Å². The topological polar surface area (TPSA) is 129 Å². The van der Waals surface area contributed by atoms with E-state index in [0.717, 1.165) is 25.0 Å². The van der Waals surface area contributed by atoms with Crippen molar-refractivity contribution < 1.29 is 45.1 Å². The number of aromatic nitrogens is 1. The SMILES string of the molecule is CNC(=O)c1c(-c2ccc(F)cc2)oc2nc(NCC(F)(F)C(F)(F)F)c(-c3ccc(OC)c(C(=O)NC(C)(C#N)C4CC4)c3)cc12. The summed E-state index contributed by atoms with van der Waals surface area (Å²) in [4.78, 5) is 30.7. The maximum atomic E-state index is 14.1. The molecule has 3 N–H and O–H groups in total. The molecule has 0 aliphatic heterocycles. The van der Waals surface area contributed by atoms with Gasteiger partial charge >= 0.3 is 12.1 Å². The number of pyridine rings is 1. The van der Waals surface area contributed by atoms with Gasteiger partial charge < -0.3 is 25.1 Å². The number of alkyl halides is 5. The minimum Gasteiger partial charge on any atom is -0.496 e. The zero-order valence-electron chi connectivity index (χ0n) is 25.1. The summed E-state index contributed by atoms with van der Waals surface area (Å²) in [6.45, 7) is -0.321. The van der Waals surface area contributed by atoms with E-state index >= 15 is 0 Å². The number of furan rings is 1. The molecule has 0 radical (unpaired) electrons. The summed E-state index contributed by atoms with van der Waals surface area (Å²) < 4.78 is 92.2. The monoisotopic (exact) mass is 659 g/mol. The molecule has 1 saturated carbocycles. The first-order chi connectivity index (χ1) is 22.1. The van der Waals surface area contributed by atoms with Crippen molar-refractivity contribution in [3.63, 3.8) is 0 Å². The van der Waals surface area contributed by atoms with E-state index in [-0.39, 0.29) is 56.3 Å². The van der Waals surface area contributed by atoms with Gasteiger partial charge in [-0.15, -0.1) is 0 Å². The van der Waals surface area contributed by atoms with Gasteiger partial charge in [0.15, 0.2) is 0 Å². The molecule has 1 aliphatic rings. The first kappa shape index (κ1) is 33.1. The van der Waals surface area contributed by atoms with E-state index in [1.165, 1.54) is 50.6 Å². The quantitative estimate of drug-likeness (QED) is 0.162. The molecule has 5 rings (SSSR count). The molecule has 2 amide bonds. The number of rotatable bonds is 10. The fourth-order valence-corrected chi connectivity index (χ4v) is 5.07. The Morgan fingerprint density at radius 2 is 1.70 bits per heavy atom. The third kappa shape index (κ3) is 6.40. The Balaban J connectivity index is 1.70. The molecule has 9 nitrogen and oxygen atoms in total. The lowest BCUT2D eigenvalue weighted by molar-refractivity contribution is -0.275. The number of carbonyl (C=O) groups excluding carboxylic acids is 2. The van der Waals surface area contributed by atoms with Crippen molar-refractivity contribution in [2.75, 3.05) is 26.0 Å². The van der Waals surface area contributed by atoms with E-state index in [1.54, 1.807) is 6.92 Å². The number of nitrogens with one attached hydrogen (secondary N) is 3. The van der Waals surface area contributed by atoms with E-state index in [1.807, 2.05) is 0 Å². The number of hydrogen-bond donors (Lipinski definition) is 3. The van der Waals surface area contributed by atoms with Gasteiger partial charge in [0.25, 0.3) is 11.8 Å². The predicted octanol–water partition coefficient (Wildman–Crippen LogP) is 6.70. The summed E-state index contributed by atoms with van der Waals surface area (Å²) in [5.74, 6) is -7.63. The van der Waals surface area contributed by atoms with Crippen molar-refractivity contribution in [3.05, 3.63) is 65.5 Å². The first-order valence-electron chi connectivity index (χ1n) is 14.2. The van der Waals surface area contributed by atoms with E-state index in [4.69, 9.17) is 9.15 Å². The number of amides is 2. The van der Waals surface area contributed by atoms with E-state index in [0.29, 0.717) is 0 Å². The molecule has 2 aromatic heterocycles. The summed E-state index contributed by atoms with van der Waals surface area (Å²) >= 11 is 0. The molecular weight excluding hydrogens is 632 g/mol. The molecule has 15 heteroatoms. The molecule has 1 aliphatic carbocycles. The number of ether oxygens (including phenoxy) is 1. The van der Waals surface area contributed by atoms with Crippen molar-refractivity contribution in [2.24, 2.45) is 5.92 Å². The van der Waals surface area contributed by atoms with Crippen LogP contribution in [0.4, 0.5) is 32.2 Å². The molecule has 0 bridgehead atoms. The van der Waals surface area contributed by atoms with Crippen LogP contribution in [0.25, 0.3) is 33.6 Å². The fourth-order valence-electron chi connectivity index (χ4n) is 5.07. The van der Waals surface area contributed by atoms with Crippen molar-refractivity contribution in [1.29, 1.82) is 5.26 Å². The van der Waals surface area contributed by atoms with Crippen LogP contribution >= 0.6 is 0 Å². The van der Waals surface area contributed by atoms with Crippen molar-refractivity contribution >= 4 is 28.7 Å². The largest absolute Gasteiger partial charge is 0.496 e. The standard InChI is InChI=1S/C32H27F6N5O4/c1-30(14-39,18-7-8-18)43-27(44)21-12-17(6-11-23(21)46-3)20-13-22-24(28(45)40-2)25(16-4-9-19(33)10-5-16)47-29(22)42-26(20)41-15-31(34,35)32(36,37)38/h4-6,9-13,18H,7-8,15H2,1-3H3,(H,40,45)(H,41,42)(H,43,44). The second kappa shape index (κ2) is 12.2. The third-order valence-corrected chi connectivity index (χ3v) is 7.89. The Kier molecular flexibility index (Phi) is 8.57. The minimum absolute atomic E-state index is 0.0411. The maximum Gasteiger partial charge on any atom is 0.455 e. The van der Waals surface area contributed by atoms with Crippen LogP contribution in [-0.2, 0) is 0 Å². The molecule has 4 aromatic rings. The Hall–Kier alpha value is -5.26. The van der Waals surface area contributed by atoms with Gasteiger partial charge in [-0.2, -0.15) is 32.2 Å². The van der Waals surface area contributed by atoms with Gasteiger partial charge in [0.05, 0.1) is 36.2 Å². The summed E-state index contributed by atoms with van der Waals surface area (Å²) in [7, 11) is 2.64. The maximum absolute atomic E-state index is 14.1. The zero-order chi connectivity index (χ0) is 34.3. The average molecular weight is 660 g/mol. The number of benzene rings is 2. The van der Waals surface area contributed by atoms with Gasteiger partial charge in [-0.3, -0.25) is 9.59 Å². The number of halogens is 6. The smallest absolute Gasteiger partial charge is 0.455 e. The Morgan fingerprint density at radius 1 is 1.04 bits per heavy atom. The molecule has 1 fully saturated rings. The molecular formula is C32H27F6N5O4. The van der Waals surface area contributed by atoms with Gasteiger partial charge in [-0.1, -0.05) is 6.07 Å². The lowest BCUT2D eigenvalue weighted by Gasteiger charge is -2.24. The molecule has 0 spiro atoms. The molecule has 47 heavy (non-hydrogen) atoms. The molecule has 2 aromatic carbocycles. The highest BCUT2D eigenvalue weighted by atomic mass is 19.4. The van der Waals surface area contributed by atoms with E-state index < -0.39 is 47.6 Å². The number of carbonyl (C=O) groups is 2. The summed E-state index contributed by atoms with van der Waals surface area (Å²) in [6.07, 6.45) is -4.40. The van der Waals surface area contributed by atoms with Crippen LogP contribution < -0.4 is 20.7 Å². The highest BCUT2D eigenvalue weighted by molar-refractivity contribution is 6.11. The molecule has 1 atom stereocenters. The van der Waals surface area contributed by atoms with Gasteiger partial charge in [-0.25, -0.2) is 4.39 Å². The van der Waals surface area contributed by atoms with Gasteiger partial charge in [-0.05, 0) is 73.7 Å². The van der Waals surface area contributed by atoms with Crippen LogP contribution in [0.1, 0.15) is 40.5 Å². The van der Waals surface area contributed by atoms with Gasteiger partial charge in [0.2, 0.25) is 5.71 Å². The summed E-state index contributed by atoms with van der Waals surface area (Å²) in [5.41, 5.74) is -1.34. The van der Waals surface area contributed by atoms with Crippen LogP contribution in [0, 0.1) is 23.1 Å². The van der Waals surface area contributed by atoms with Crippen LogP contribution in [0.3, 0.4) is 0 Å². The molecule has 246 valence electrons. The van der Waals surface area contributed by atoms with Crippen molar-refractivity contribution in [2.45, 2.75) is 37.4 Å². The Morgan fingerprint density at radius 3 is 2.28 bits per heavy atom. The van der Waals surface area contributed by atoms with Crippen LogP contribution in [0.5, 0.6) is 5.75 Å². The predicted molar refractivity (Wildman–Crippen MR) is 158 cm³/mol. The summed E-state index contributed by atoms with van der Waals surface area (Å²) in [6, 6.07) is 12.4. The number of fused-ring (bicyclic) bond motifs is 1. The van der Waals surface area contributed by atoms with Crippen LogP contribution in [0.15, 0.2) is 52.9 Å². The first-order valence-corrected chi connectivity index (χ1v) is 14.2. The number of nitriles is 1. The molecule has 0 saturated heterocycles. The highest BCUT2D eigenvalue weighted by Gasteiger charge is 2.57. The lowest BCUT2D eigenvalue weighted by Crippen LogP contribution is -2.46. The normalized spacial score (nSPS) is 14.6. The Bertz CT molecular complexity index is 1900. The Labute approximate surface area is 263 Å². The highest BCUT2D eigenvalue weighted by Crippen LogP contribution is 2.42. The molecule has 2 heterocycles. The second-order valence-corrected chi connectivity index (χ2v) is 11.1. The van der Waals surface area contributed by atoms with Crippen molar-refractivity contribution in [3.8, 4) is 34.3 Å². The molecule has 1 unspecified atom stereocenters. The van der Waals surface area contributed by atoms with E-state index in [2.05, 4.69) is 27.0 Å². The second-order valence-electron chi connectivity index (χ2n) is 11.1. The number of methoxy groups -OCH3 is 1. The van der Waals surface area contributed by atoms with E-state index in [9.17, 15) is 41.2 Å².